The Hall–Kier alpha value is -2.45. The van der Waals surface area contributed by atoms with Gasteiger partial charge in [0.05, 0.1) is 0 Å². The first-order valence-electron chi connectivity index (χ1n) is 8.07. The predicted molar refractivity (Wildman–Crippen MR) is 89.4 cm³/mol. The topological polar surface area (TPSA) is 39.1 Å². The zero-order valence-electron chi connectivity index (χ0n) is 13.3. The van der Waals surface area contributed by atoms with Crippen LogP contribution in [0.1, 0.15) is 24.0 Å². The SMILES string of the molecule is N#Cc1c(F)cc(NC2CCN(Cc3ccccc3)CC2)cc1F. The third-order valence-electron chi connectivity index (χ3n) is 4.36. The van der Waals surface area contributed by atoms with E-state index < -0.39 is 17.2 Å². The van der Waals surface area contributed by atoms with Gasteiger partial charge in [0, 0.05) is 31.4 Å². The van der Waals surface area contributed by atoms with Gasteiger partial charge in [-0.1, -0.05) is 30.3 Å². The van der Waals surface area contributed by atoms with E-state index in [4.69, 9.17) is 5.26 Å². The summed E-state index contributed by atoms with van der Waals surface area (Å²) in [4.78, 5) is 2.38. The van der Waals surface area contributed by atoms with E-state index in [9.17, 15) is 8.78 Å². The van der Waals surface area contributed by atoms with E-state index in [1.807, 2.05) is 18.2 Å². The van der Waals surface area contributed by atoms with Crippen LogP contribution in [0.5, 0.6) is 0 Å². The fourth-order valence-electron chi connectivity index (χ4n) is 3.08. The molecule has 124 valence electrons. The molecule has 0 spiro atoms. The summed E-state index contributed by atoms with van der Waals surface area (Å²) < 4.78 is 27.3. The minimum Gasteiger partial charge on any atom is -0.382 e. The Bertz CT molecular complexity index is 709. The van der Waals surface area contributed by atoms with E-state index in [1.165, 1.54) is 23.8 Å². The average Bonchev–Trinajstić information content (AvgIpc) is 2.57. The van der Waals surface area contributed by atoms with E-state index in [1.54, 1.807) is 0 Å². The molecule has 3 nitrogen and oxygen atoms in total. The summed E-state index contributed by atoms with van der Waals surface area (Å²) >= 11 is 0. The maximum absolute atomic E-state index is 13.7. The number of piperidine rings is 1. The van der Waals surface area contributed by atoms with Crippen molar-refractivity contribution in [3.05, 3.63) is 65.2 Å². The van der Waals surface area contributed by atoms with Crippen molar-refractivity contribution < 1.29 is 8.78 Å². The first kappa shape index (κ1) is 16.4. The van der Waals surface area contributed by atoms with Gasteiger partial charge < -0.3 is 5.32 Å². The zero-order valence-corrected chi connectivity index (χ0v) is 13.3. The van der Waals surface area contributed by atoms with Crippen molar-refractivity contribution in [3.63, 3.8) is 0 Å². The second kappa shape index (κ2) is 7.41. The molecule has 0 aliphatic carbocycles. The summed E-state index contributed by atoms with van der Waals surface area (Å²) in [5.41, 5.74) is 1.16. The van der Waals surface area contributed by atoms with Gasteiger partial charge >= 0.3 is 0 Å². The number of hydrogen-bond donors (Lipinski definition) is 1. The number of halogens is 2. The van der Waals surface area contributed by atoms with Crippen molar-refractivity contribution in [3.8, 4) is 6.07 Å². The number of likely N-dealkylation sites (tertiary alicyclic amines) is 1. The third-order valence-corrected chi connectivity index (χ3v) is 4.36. The van der Waals surface area contributed by atoms with Crippen molar-refractivity contribution in [2.24, 2.45) is 0 Å². The van der Waals surface area contributed by atoms with E-state index >= 15 is 0 Å². The normalized spacial score (nSPS) is 15.9. The summed E-state index contributed by atoms with van der Waals surface area (Å²) in [6.07, 6.45) is 1.83. The highest BCUT2D eigenvalue weighted by molar-refractivity contribution is 5.49. The molecule has 0 unspecified atom stereocenters. The Morgan fingerprint density at radius 1 is 1.08 bits per heavy atom. The second-order valence-corrected chi connectivity index (χ2v) is 6.11. The minimum absolute atomic E-state index is 0.184. The Balaban J connectivity index is 1.55. The molecule has 0 atom stereocenters. The van der Waals surface area contributed by atoms with Crippen molar-refractivity contribution in [2.75, 3.05) is 18.4 Å². The van der Waals surface area contributed by atoms with Crippen LogP contribution in [-0.2, 0) is 6.54 Å². The Morgan fingerprint density at radius 2 is 1.71 bits per heavy atom. The van der Waals surface area contributed by atoms with Gasteiger partial charge in [-0.3, -0.25) is 4.90 Å². The molecule has 2 aromatic carbocycles. The molecule has 1 heterocycles. The fraction of sp³-hybridized carbons (Fsp3) is 0.316. The lowest BCUT2D eigenvalue weighted by Crippen LogP contribution is -2.38. The minimum atomic E-state index is -0.818. The van der Waals surface area contributed by atoms with Crippen LogP contribution in [0.25, 0.3) is 0 Å². The lowest BCUT2D eigenvalue weighted by molar-refractivity contribution is 0.211. The summed E-state index contributed by atoms with van der Waals surface area (Å²) in [7, 11) is 0. The van der Waals surface area contributed by atoms with Gasteiger partial charge in [0.25, 0.3) is 0 Å². The fourth-order valence-corrected chi connectivity index (χ4v) is 3.08. The number of rotatable bonds is 4. The molecule has 1 fully saturated rings. The molecule has 2 aromatic rings. The number of hydrogen-bond acceptors (Lipinski definition) is 3. The predicted octanol–water partition coefficient (Wildman–Crippen LogP) is 3.91. The Kier molecular flexibility index (Phi) is 5.07. The molecule has 3 rings (SSSR count). The summed E-state index contributed by atoms with van der Waals surface area (Å²) in [5, 5.41) is 11.9. The lowest BCUT2D eigenvalue weighted by Gasteiger charge is -2.33. The molecular weight excluding hydrogens is 308 g/mol. The van der Waals surface area contributed by atoms with Crippen LogP contribution in [0.3, 0.4) is 0 Å². The second-order valence-electron chi connectivity index (χ2n) is 6.11. The van der Waals surface area contributed by atoms with Gasteiger partial charge in [0.2, 0.25) is 0 Å². The van der Waals surface area contributed by atoms with Gasteiger partial charge in [0.1, 0.15) is 23.3 Å². The first-order valence-corrected chi connectivity index (χ1v) is 8.07. The largest absolute Gasteiger partial charge is 0.382 e. The van der Waals surface area contributed by atoms with Crippen molar-refractivity contribution in [2.45, 2.75) is 25.4 Å². The van der Waals surface area contributed by atoms with Crippen LogP contribution in [-0.4, -0.2) is 24.0 Å². The van der Waals surface area contributed by atoms with Crippen LogP contribution in [0.2, 0.25) is 0 Å². The number of benzene rings is 2. The highest BCUT2D eigenvalue weighted by atomic mass is 19.1. The molecular formula is C19H19F2N3. The molecule has 0 amide bonds. The van der Waals surface area contributed by atoms with Crippen LogP contribution < -0.4 is 5.32 Å². The molecule has 5 heteroatoms. The number of nitrogens with zero attached hydrogens (tertiary/aromatic N) is 2. The van der Waals surface area contributed by atoms with Gasteiger partial charge in [-0.2, -0.15) is 5.26 Å². The third kappa shape index (κ3) is 3.90. The maximum Gasteiger partial charge on any atom is 0.146 e. The smallest absolute Gasteiger partial charge is 0.146 e. The molecule has 1 saturated heterocycles. The van der Waals surface area contributed by atoms with Gasteiger partial charge in [-0.25, -0.2) is 8.78 Å². The number of nitriles is 1. The highest BCUT2D eigenvalue weighted by Gasteiger charge is 2.20. The lowest BCUT2D eigenvalue weighted by atomic mass is 10.0. The van der Waals surface area contributed by atoms with E-state index in [0.717, 1.165) is 32.5 Å². The van der Waals surface area contributed by atoms with Gasteiger partial charge in [-0.05, 0) is 30.5 Å². The summed E-state index contributed by atoms with van der Waals surface area (Å²) in [5.74, 6) is -1.64. The van der Waals surface area contributed by atoms with E-state index in [0.29, 0.717) is 5.69 Å². The summed E-state index contributed by atoms with van der Waals surface area (Å²) in [6, 6.07) is 14.4. The average molecular weight is 327 g/mol. The highest BCUT2D eigenvalue weighted by Crippen LogP contribution is 2.22. The molecule has 24 heavy (non-hydrogen) atoms. The van der Waals surface area contributed by atoms with Crippen LogP contribution in [0, 0.1) is 23.0 Å². The number of anilines is 1. The first-order chi connectivity index (χ1) is 11.7. The van der Waals surface area contributed by atoms with E-state index in [2.05, 4.69) is 22.3 Å². The van der Waals surface area contributed by atoms with Crippen LogP contribution in [0.15, 0.2) is 42.5 Å². The standard InChI is InChI=1S/C19H19F2N3/c20-18-10-16(11-19(21)17(18)12-22)23-15-6-8-24(9-7-15)13-14-4-2-1-3-5-14/h1-5,10-11,15,23H,6-9,13H2. The molecule has 0 bridgehead atoms. The van der Waals surface area contributed by atoms with Crippen molar-refractivity contribution in [1.29, 1.82) is 5.26 Å². The molecule has 1 aliphatic rings. The summed E-state index contributed by atoms with van der Waals surface area (Å²) in [6.45, 7) is 2.80. The quantitative estimate of drug-likeness (QED) is 0.925. The Labute approximate surface area is 140 Å². The molecule has 0 saturated carbocycles. The van der Waals surface area contributed by atoms with E-state index in [-0.39, 0.29) is 6.04 Å². The molecule has 1 aliphatic heterocycles. The van der Waals surface area contributed by atoms with Gasteiger partial charge in [0.15, 0.2) is 0 Å². The molecule has 0 radical (unpaired) electrons. The van der Waals surface area contributed by atoms with Gasteiger partial charge in [-0.15, -0.1) is 0 Å². The Morgan fingerprint density at radius 3 is 2.29 bits per heavy atom. The van der Waals surface area contributed by atoms with Crippen LogP contribution in [0.4, 0.5) is 14.5 Å². The van der Waals surface area contributed by atoms with Crippen LogP contribution >= 0.6 is 0 Å². The molecule has 0 aromatic heterocycles. The van der Waals surface area contributed by atoms with Crippen molar-refractivity contribution in [1.82, 2.24) is 4.90 Å². The van der Waals surface area contributed by atoms with Crippen molar-refractivity contribution >= 4 is 5.69 Å². The maximum atomic E-state index is 13.7. The zero-order chi connectivity index (χ0) is 16.9. The molecule has 1 N–H and O–H groups in total. The number of nitrogens with one attached hydrogen (secondary N) is 1. The monoisotopic (exact) mass is 327 g/mol.